The van der Waals surface area contributed by atoms with Gasteiger partial charge in [-0.2, -0.15) is 0 Å². The van der Waals surface area contributed by atoms with E-state index in [1.807, 2.05) is 78.4 Å². The van der Waals surface area contributed by atoms with Crippen molar-refractivity contribution in [3.63, 3.8) is 0 Å². The Kier molecular flexibility index (Phi) is 13.3. The third-order valence-corrected chi connectivity index (χ3v) is 16.8. The van der Waals surface area contributed by atoms with Crippen molar-refractivity contribution in [3.8, 4) is 45.3 Å². The Bertz CT molecular complexity index is 3740. The summed E-state index contributed by atoms with van der Waals surface area (Å²) < 4.78 is 3.80. The van der Waals surface area contributed by atoms with E-state index in [9.17, 15) is 24.3 Å². The third kappa shape index (κ3) is 8.61. The molecule has 2 N–H and O–H groups in total. The number of fused-ring (bicyclic) bond motifs is 6. The summed E-state index contributed by atoms with van der Waals surface area (Å²) in [5.74, 6) is 2.69. The molecule has 6 aliphatic rings. The smallest absolute Gasteiger partial charge is 0.257 e. The maximum Gasteiger partial charge on any atom is 0.257 e. The molecule has 8 aromatic rings. The van der Waals surface area contributed by atoms with Crippen molar-refractivity contribution in [2.45, 2.75) is 89.6 Å². The lowest BCUT2D eigenvalue weighted by molar-refractivity contribution is -0.144. The van der Waals surface area contributed by atoms with Crippen LogP contribution in [0.4, 0.5) is 11.4 Å². The van der Waals surface area contributed by atoms with Crippen molar-refractivity contribution in [2.24, 2.45) is 25.9 Å². The van der Waals surface area contributed by atoms with Gasteiger partial charge >= 0.3 is 0 Å². The maximum atomic E-state index is 14.0. The lowest BCUT2D eigenvalue weighted by atomic mass is 9.86. The highest BCUT2D eigenvalue weighted by atomic mass is 79.9. The number of carbonyl (C=O) groups excluding carboxylic acids is 4. The number of likely N-dealkylation sites (tertiary alicyclic amines) is 2. The molecule has 0 bridgehead atoms. The monoisotopic (exact) mass is 1130 g/mol. The Labute approximate surface area is 463 Å². The molecule has 404 valence electrons. The van der Waals surface area contributed by atoms with Gasteiger partial charge < -0.3 is 34.3 Å². The quantitative estimate of drug-likeness (QED) is 0.136. The SMILES string of the molecule is CCCBr.Cc1ncc(-c2nc3c(-c4ccc5c(c4)C4(CCCN4C(=O)C4CC4)C(=O)N5)ncnc3n2C)cn1.Cc1ncc(-c2nc3c(-c4ccc5c(c4)C4(CCCN4C(=O)C4CC4)C(=O)N5CCO)ncnc3n2C)cn1. The largest absolute Gasteiger partial charge is 0.395 e. The van der Waals surface area contributed by atoms with Crippen LogP contribution < -0.4 is 10.2 Å². The van der Waals surface area contributed by atoms with Gasteiger partial charge in [0.2, 0.25) is 11.8 Å². The summed E-state index contributed by atoms with van der Waals surface area (Å²) in [7, 11) is 3.80. The zero-order valence-corrected chi connectivity index (χ0v) is 46.2. The molecule has 2 aromatic carbocycles. The van der Waals surface area contributed by atoms with Crippen LogP contribution in [0.15, 0.2) is 73.8 Å². The Balaban J connectivity index is 0.000000148. The predicted molar refractivity (Wildman–Crippen MR) is 298 cm³/mol. The summed E-state index contributed by atoms with van der Waals surface area (Å²) in [4.78, 5) is 104. The normalized spacial score (nSPS) is 20.0. The first-order valence-corrected chi connectivity index (χ1v) is 28.1. The van der Waals surface area contributed by atoms with E-state index in [0.717, 1.165) is 88.6 Å². The molecule has 2 spiro atoms. The second kappa shape index (κ2) is 20.4. The van der Waals surface area contributed by atoms with Crippen LogP contribution in [0, 0.1) is 25.7 Å². The minimum atomic E-state index is -1.05. The number of hydrogen-bond acceptors (Lipinski definition) is 15. The summed E-state index contributed by atoms with van der Waals surface area (Å²) in [6, 6.07) is 11.6. The van der Waals surface area contributed by atoms with Crippen molar-refractivity contribution < 1.29 is 24.3 Å². The van der Waals surface area contributed by atoms with Gasteiger partial charge in [0, 0.05) is 109 Å². The summed E-state index contributed by atoms with van der Waals surface area (Å²) in [5.41, 5.74) is 8.21. The number of anilines is 2. The average molecular weight is 1130 g/mol. The van der Waals surface area contributed by atoms with Crippen LogP contribution in [-0.2, 0) is 44.4 Å². The van der Waals surface area contributed by atoms with Gasteiger partial charge in [-0.3, -0.25) is 19.2 Å². The number of benzene rings is 2. The number of hydrogen-bond donors (Lipinski definition) is 2. The number of imidazole rings is 2. The third-order valence-electron chi connectivity index (χ3n) is 16.0. The summed E-state index contributed by atoms with van der Waals surface area (Å²) >= 11 is 3.25. The highest BCUT2D eigenvalue weighted by Gasteiger charge is 2.60. The molecule has 2 saturated carbocycles. The van der Waals surface area contributed by atoms with Gasteiger partial charge in [-0.1, -0.05) is 35.0 Å². The van der Waals surface area contributed by atoms with Gasteiger partial charge in [-0.25, -0.2) is 49.8 Å². The molecule has 2 aliphatic carbocycles. The van der Waals surface area contributed by atoms with Gasteiger partial charge in [-0.05, 0) is 95.9 Å². The number of rotatable bonds is 9. The van der Waals surface area contributed by atoms with Crippen molar-refractivity contribution >= 4 is 73.3 Å². The van der Waals surface area contributed by atoms with Gasteiger partial charge in [-0.15, -0.1) is 0 Å². The summed E-state index contributed by atoms with van der Waals surface area (Å²) in [6.07, 6.45) is 17.6. The Morgan fingerprint density at radius 1 is 0.671 bits per heavy atom. The molecule has 21 nitrogen and oxygen atoms in total. The van der Waals surface area contributed by atoms with Crippen LogP contribution in [0.2, 0.25) is 0 Å². The molecule has 79 heavy (non-hydrogen) atoms. The van der Waals surface area contributed by atoms with E-state index < -0.39 is 11.1 Å². The molecular weight excluding hydrogens is 1070 g/mol. The van der Waals surface area contributed by atoms with E-state index in [-0.39, 0.29) is 48.6 Å². The number of nitrogens with zero attached hydrogens (tertiary/aromatic N) is 15. The fourth-order valence-electron chi connectivity index (χ4n) is 11.8. The lowest BCUT2D eigenvalue weighted by Gasteiger charge is -2.34. The van der Waals surface area contributed by atoms with E-state index in [0.29, 0.717) is 82.9 Å². The van der Waals surface area contributed by atoms with Crippen LogP contribution in [-0.4, -0.2) is 129 Å². The zero-order chi connectivity index (χ0) is 54.9. The highest BCUT2D eigenvalue weighted by Crippen LogP contribution is 2.53. The second-order valence-electron chi connectivity index (χ2n) is 21.1. The molecule has 2 unspecified atom stereocenters. The van der Waals surface area contributed by atoms with E-state index in [4.69, 9.17) is 9.97 Å². The van der Waals surface area contributed by atoms with Crippen LogP contribution in [0.1, 0.15) is 87.5 Å². The first-order valence-electron chi connectivity index (χ1n) is 27.0. The molecule has 2 atom stereocenters. The Hall–Kier alpha value is -7.98. The molecule has 0 radical (unpaired) electrons. The molecular formula is C57H59BrN16O5. The topological polar surface area (TPSA) is 249 Å². The molecule has 14 rings (SSSR count). The number of aryl methyl sites for hydroxylation is 4. The van der Waals surface area contributed by atoms with Gasteiger partial charge in [0.1, 0.15) is 69.5 Å². The van der Waals surface area contributed by atoms with Crippen molar-refractivity contribution in [2.75, 3.05) is 41.8 Å². The number of β-amino-alcohol motifs (C(OH)–C–C–N with tert-alkyl or cyclic N) is 1. The second-order valence-corrected chi connectivity index (χ2v) is 21.9. The van der Waals surface area contributed by atoms with E-state index >= 15 is 0 Å². The number of carbonyl (C=O) groups is 4. The zero-order valence-electron chi connectivity index (χ0n) is 44.6. The Morgan fingerprint density at radius 3 is 1.65 bits per heavy atom. The summed E-state index contributed by atoms with van der Waals surface area (Å²) in [6.45, 7) is 6.98. The van der Waals surface area contributed by atoms with Gasteiger partial charge in [0.15, 0.2) is 11.3 Å². The maximum absolute atomic E-state index is 14.0. The standard InChI is InChI=1S/C28H28N8O3.C26H24N8O2.C3H7Br/c1-16-29-13-19(14-30-16)24-33-23-22(31-15-32-25(23)34(24)2)18-6-7-21-20(12-18)28(27(39)35(21)10-11-37)8-3-9-36(28)26(38)17-4-5-17;1-14-27-11-17(12-28-14)22-32-21-20(29-13-30-23(21)33(22)2)16-6-7-19-18(10-16)26(25(36)31-19)8-3-9-34(26)24(35)15-4-5-15;1-2-3-4/h6-7,12-15,17,37H,3-5,8-11H2,1-2H3;6-7,10-13,15H,3-5,8-9H2,1-2H3,(H,31,36);2-3H2,1H3. The van der Waals surface area contributed by atoms with E-state index in [2.05, 4.69) is 68.0 Å². The van der Waals surface area contributed by atoms with Gasteiger partial charge in [0.25, 0.3) is 11.8 Å². The van der Waals surface area contributed by atoms with Crippen LogP contribution in [0.3, 0.4) is 0 Å². The number of nitrogens with one attached hydrogen (secondary N) is 1. The van der Waals surface area contributed by atoms with Crippen molar-refractivity contribution in [1.82, 2.24) is 68.8 Å². The fraction of sp³-hybridized carbons (Fsp3) is 0.404. The average Bonchev–Trinajstić information content (AvgIpc) is 4.48. The first-order chi connectivity index (χ1) is 38.3. The van der Waals surface area contributed by atoms with Gasteiger partial charge in [0.05, 0.1) is 17.7 Å². The molecule has 4 amide bonds. The number of alkyl halides is 1. The highest BCUT2D eigenvalue weighted by molar-refractivity contribution is 9.09. The molecule has 22 heteroatoms. The van der Waals surface area contributed by atoms with Crippen molar-refractivity contribution in [3.05, 3.63) is 96.6 Å². The number of aromatic nitrogens is 12. The van der Waals surface area contributed by atoms with Crippen LogP contribution in [0.25, 0.3) is 67.6 Å². The van der Waals surface area contributed by atoms with Crippen LogP contribution >= 0.6 is 15.9 Å². The van der Waals surface area contributed by atoms with E-state index in [1.54, 1.807) is 34.6 Å². The predicted octanol–water partition coefficient (Wildman–Crippen LogP) is 7.13. The fourth-order valence-corrected chi connectivity index (χ4v) is 11.8. The Morgan fingerprint density at radius 2 is 1.15 bits per heavy atom. The first kappa shape index (κ1) is 51.8. The number of halogens is 1. The number of aliphatic hydroxyl groups is 1. The molecule has 4 fully saturated rings. The number of amides is 4. The minimum Gasteiger partial charge on any atom is -0.395 e. The molecule has 4 aliphatic heterocycles. The summed E-state index contributed by atoms with van der Waals surface area (Å²) in [5, 5.41) is 13.9. The van der Waals surface area contributed by atoms with Crippen LogP contribution in [0.5, 0.6) is 0 Å². The van der Waals surface area contributed by atoms with E-state index in [1.165, 1.54) is 19.1 Å². The molecule has 6 aromatic heterocycles. The number of aliphatic hydroxyl groups excluding tert-OH is 1. The minimum absolute atomic E-state index is 0.00508. The molecule has 2 saturated heterocycles. The molecule has 10 heterocycles. The lowest BCUT2D eigenvalue weighted by Crippen LogP contribution is -2.52. The van der Waals surface area contributed by atoms with Crippen molar-refractivity contribution in [1.29, 1.82) is 0 Å².